The molecule has 2 aromatic rings. The molecule has 0 aliphatic carbocycles. The van der Waals surface area contributed by atoms with E-state index in [2.05, 4.69) is 10.4 Å². The number of sulfonamides is 1. The van der Waals surface area contributed by atoms with Gasteiger partial charge in [-0.15, -0.1) is 0 Å². The minimum Gasteiger partial charge on any atom is -0.341 e. The molecule has 0 radical (unpaired) electrons. The normalized spacial score (nSPS) is 19.2. The number of likely N-dealkylation sites (tertiary alicyclic amines) is 1. The lowest BCUT2D eigenvalue weighted by Gasteiger charge is -2.31. The molecular weight excluding hydrogens is 466 g/mol. The summed E-state index contributed by atoms with van der Waals surface area (Å²) >= 11 is 0. The van der Waals surface area contributed by atoms with Gasteiger partial charge in [0.1, 0.15) is 11.4 Å². The molecule has 2 aliphatic rings. The SMILES string of the molecule is Cc1ccc(C)c(NC(=O)[C@H]2CCCN(S(=O)(=O)c3c(C)nn(CC(=O)N4CCCC4)c3C)C2)c1. The van der Waals surface area contributed by atoms with Gasteiger partial charge < -0.3 is 10.2 Å². The summed E-state index contributed by atoms with van der Waals surface area (Å²) in [5, 5.41) is 7.38. The Morgan fingerprint density at radius 3 is 2.49 bits per heavy atom. The number of carbonyl (C=O) groups is 2. The maximum atomic E-state index is 13.7. The molecule has 1 aromatic heterocycles. The van der Waals surface area contributed by atoms with Crippen molar-refractivity contribution in [2.24, 2.45) is 5.92 Å². The number of hydrogen-bond acceptors (Lipinski definition) is 5. The van der Waals surface area contributed by atoms with Gasteiger partial charge >= 0.3 is 0 Å². The van der Waals surface area contributed by atoms with Crippen LogP contribution in [0.15, 0.2) is 23.1 Å². The van der Waals surface area contributed by atoms with E-state index in [9.17, 15) is 18.0 Å². The van der Waals surface area contributed by atoms with E-state index in [-0.39, 0.29) is 29.8 Å². The van der Waals surface area contributed by atoms with Gasteiger partial charge in [0.15, 0.2) is 0 Å². The van der Waals surface area contributed by atoms with Crippen LogP contribution in [0.25, 0.3) is 0 Å². The van der Waals surface area contributed by atoms with Crippen LogP contribution in [-0.4, -0.2) is 65.4 Å². The molecule has 2 amide bonds. The molecule has 2 saturated heterocycles. The quantitative estimate of drug-likeness (QED) is 0.655. The van der Waals surface area contributed by atoms with Crippen molar-refractivity contribution in [3.8, 4) is 0 Å². The zero-order chi connectivity index (χ0) is 25.3. The summed E-state index contributed by atoms with van der Waals surface area (Å²) < 4.78 is 30.2. The van der Waals surface area contributed by atoms with Gasteiger partial charge in [-0.05, 0) is 70.6 Å². The number of piperidine rings is 1. The van der Waals surface area contributed by atoms with Crippen LogP contribution in [0.1, 0.15) is 48.2 Å². The fraction of sp³-hybridized carbons (Fsp3) is 0.560. The predicted octanol–water partition coefficient (Wildman–Crippen LogP) is 2.78. The fourth-order valence-corrected chi connectivity index (χ4v) is 6.91. The molecule has 4 rings (SSSR count). The van der Waals surface area contributed by atoms with Crippen LogP contribution in [0.3, 0.4) is 0 Å². The first-order valence-corrected chi connectivity index (χ1v) is 13.7. The molecule has 2 fully saturated rings. The number of rotatable bonds is 6. The van der Waals surface area contributed by atoms with E-state index < -0.39 is 15.9 Å². The summed E-state index contributed by atoms with van der Waals surface area (Å²) in [5.74, 6) is -0.650. The number of carbonyl (C=O) groups excluding carboxylic acids is 2. The van der Waals surface area contributed by atoms with E-state index in [4.69, 9.17) is 0 Å². The molecule has 190 valence electrons. The molecule has 3 heterocycles. The smallest absolute Gasteiger partial charge is 0.246 e. The van der Waals surface area contributed by atoms with E-state index in [1.807, 2.05) is 32.0 Å². The molecule has 0 saturated carbocycles. The van der Waals surface area contributed by atoms with E-state index in [1.165, 1.54) is 8.99 Å². The molecule has 1 aromatic carbocycles. The van der Waals surface area contributed by atoms with Gasteiger partial charge in [0.25, 0.3) is 0 Å². The van der Waals surface area contributed by atoms with Crippen LogP contribution in [0.2, 0.25) is 0 Å². The van der Waals surface area contributed by atoms with Crippen molar-refractivity contribution in [3.63, 3.8) is 0 Å². The van der Waals surface area contributed by atoms with Crippen molar-refractivity contribution in [1.82, 2.24) is 19.0 Å². The van der Waals surface area contributed by atoms with Gasteiger partial charge in [0.2, 0.25) is 21.8 Å². The lowest BCUT2D eigenvalue weighted by Crippen LogP contribution is -2.44. The van der Waals surface area contributed by atoms with E-state index >= 15 is 0 Å². The first-order chi connectivity index (χ1) is 16.6. The molecule has 1 N–H and O–H groups in total. The molecule has 10 heteroatoms. The lowest BCUT2D eigenvalue weighted by molar-refractivity contribution is -0.131. The highest BCUT2D eigenvalue weighted by Crippen LogP contribution is 2.29. The van der Waals surface area contributed by atoms with E-state index in [0.29, 0.717) is 30.8 Å². The van der Waals surface area contributed by atoms with Crippen LogP contribution in [0.4, 0.5) is 5.69 Å². The second kappa shape index (κ2) is 10.1. The average molecular weight is 502 g/mol. The third-order valence-corrected chi connectivity index (χ3v) is 9.18. The molecule has 35 heavy (non-hydrogen) atoms. The first-order valence-electron chi connectivity index (χ1n) is 12.3. The van der Waals surface area contributed by atoms with Crippen molar-refractivity contribution < 1.29 is 18.0 Å². The van der Waals surface area contributed by atoms with Gasteiger partial charge in [-0.25, -0.2) is 8.42 Å². The van der Waals surface area contributed by atoms with Crippen molar-refractivity contribution in [1.29, 1.82) is 0 Å². The Kier molecular flexibility index (Phi) is 7.32. The van der Waals surface area contributed by atoms with Crippen molar-refractivity contribution in [2.45, 2.75) is 64.8 Å². The Labute approximate surface area is 207 Å². The number of aromatic nitrogens is 2. The number of amides is 2. The van der Waals surface area contributed by atoms with Gasteiger partial charge in [0, 0.05) is 31.9 Å². The molecule has 0 spiro atoms. The fourth-order valence-electron chi connectivity index (χ4n) is 5.01. The molecule has 0 unspecified atom stereocenters. The van der Waals surface area contributed by atoms with Crippen LogP contribution < -0.4 is 5.32 Å². The summed E-state index contributed by atoms with van der Waals surface area (Å²) in [7, 11) is -3.87. The van der Waals surface area contributed by atoms with Crippen LogP contribution >= 0.6 is 0 Å². The van der Waals surface area contributed by atoms with Crippen molar-refractivity contribution >= 4 is 27.5 Å². The number of anilines is 1. The van der Waals surface area contributed by atoms with Gasteiger partial charge in [-0.2, -0.15) is 9.40 Å². The number of benzene rings is 1. The largest absolute Gasteiger partial charge is 0.341 e. The minimum atomic E-state index is -3.87. The zero-order valence-corrected chi connectivity index (χ0v) is 21.8. The third-order valence-electron chi connectivity index (χ3n) is 7.06. The molecule has 9 nitrogen and oxygen atoms in total. The monoisotopic (exact) mass is 501 g/mol. The van der Waals surface area contributed by atoms with Crippen LogP contribution in [-0.2, 0) is 26.2 Å². The zero-order valence-electron chi connectivity index (χ0n) is 21.0. The Balaban J connectivity index is 1.50. The Bertz CT molecular complexity index is 1230. The highest BCUT2D eigenvalue weighted by atomic mass is 32.2. The Morgan fingerprint density at radius 1 is 1.06 bits per heavy atom. The lowest BCUT2D eigenvalue weighted by atomic mass is 9.98. The maximum Gasteiger partial charge on any atom is 0.246 e. The molecule has 0 bridgehead atoms. The standard InChI is InChI=1S/C25H35N5O4S/c1-17-9-10-18(2)22(14-17)26-25(32)21-8-7-13-29(15-21)35(33,34)24-19(3)27-30(20(24)4)16-23(31)28-11-5-6-12-28/h9-10,14,21H,5-8,11-13,15-16H2,1-4H3,(H,26,32)/t21-/m0/s1. The van der Waals surface area contributed by atoms with Crippen LogP contribution in [0.5, 0.6) is 0 Å². The predicted molar refractivity (Wildman–Crippen MR) is 134 cm³/mol. The maximum absolute atomic E-state index is 13.7. The molecular formula is C25H35N5O4S. The van der Waals surface area contributed by atoms with E-state index in [1.54, 1.807) is 18.7 Å². The summed E-state index contributed by atoms with van der Waals surface area (Å²) in [6.45, 7) is 9.23. The summed E-state index contributed by atoms with van der Waals surface area (Å²) in [5.41, 5.74) is 3.60. The highest BCUT2D eigenvalue weighted by Gasteiger charge is 2.37. The molecule has 2 aliphatic heterocycles. The third kappa shape index (κ3) is 5.28. The highest BCUT2D eigenvalue weighted by molar-refractivity contribution is 7.89. The van der Waals surface area contributed by atoms with Gasteiger partial charge in [-0.3, -0.25) is 14.3 Å². The first kappa shape index (κ1) is 25.4. The number of nitrogens with zero attached hydrogens (tertiary/aromatic N) is 4. The Morgan fingerprint density at radius 2 is 1.77 bits per heavy atom. The second-order valence-corrected chi connectivity index (χ2v) is 11.6. The average Bonchev–Trinajstić information content (AvgIpc) is 3.45. The Hall–Kier alpha value is -2.72. The second-order valence-electron chi connectivity index (χ2n) is 9.76. The summed E-state index contributed by atoms with van der Waals surface area (Å²) in [6.07, 6.45) is 3.22. The number of hydrogen-bond donors (Lipinski definition) is 1. The summed E-state index contributed by atoms with van der Waals surface area (Å²) in [6, 6.07) is 5.87. The van der Waals surface area contributed by atoms with Gasteiger partial charge in [0.05, 0.1) is 17.3 Å². The summed E-state index contributed by atoms with van der Waals surface area (Å²) in [4.78, 5) is 27.6. The van der Waals surface area contributed by atoms with Crippen molar-refractivity contribution in [3.05, 3.63) is 40.7 Å². The minimum absolute atomic E-state index is 0.0308. The molecule has 1 atom stereocenters. The number of nitrogens with one attached hydrogen (secondary N) is 1. The van der Waals surface area contributed by atoms with E-state index in [0.717, 1.165) is 42.7 Å². The van der Waals surface area contributed by atoms with Gasteiger partial charge in [-0.1, -0.05) is 12.1 Å². The topological polar surface area (TPSA) is 105 Å². The van der Waals surface area contributed by atoms with Crippen molar-refractivity contribution in [2.75, 3.05) is 31.5 Å². The van der Waals surface area contributed by atoms with Crippen LogP contribution in [0, 0.1) is 33.6 Å². The number of aryl methyl sites for hydroxylation is 3.